The van der Waals surface area contributed by atoms with E-state index in [1.54, 1.807) is 17.8 Å². The van der Waals surface area contributed by atoms with Crippen LogP contribution in [0.15, 0.2) is 47.7 Å². The zero-order chi connectivity index (χ0) is 20.4. The van der Waals surface area contributed by atoms with E-state index in [1.807, 2.05) is 26.2 Å². The number of anilines is 1. The van der Waals surface area contributed by atoms with Gasteiger partial charge in [-0.2, -0.15) is 5.10 Å². The second-order valence-corrected chi connectivity index (χ2v) is 7.07. The van der Waals surface area contributed by atoms with Gasteiger partial charge in [-0.3, -0.25) is 4.68 Å². The maximum atomic E-state index is 10.7. The number of nitrogens with one attached hydrogen (secondary N) is 2. The highest BCUT2D eigenvalue weighted by Crippen LogP contribution is 2.19. The first kappa shape index (κ1) is 25.2. The van der Waals surface area contributed by atoms with Crippen LogP contribution in [-0.4, -0.2) is 53.6 Å². The molecule has 0 bridgehead atoms. The Kier molecular flexibility index (Phi) is 11.0. The van der Waals surface area contributed by atoms with E-state index in [1.165, 1.54) is 5.69 Å². The molecule has 2 rings (SSSR count). The van der Waals surface area contributed by atoms with Gasteiger partial charge in [0.1, 0.15) is 5.60 Å². The normalized spacial score (nSPS) is 13.3. The third-order valence-electron chi connectivity index (χ3n) is 4.62. The number of aryl methyl sites for hydroxylation is 1. The summed E-state index contributed by atoms with van der Waals surface area (Å²) in [6, 6.07) is 10.5. The molecule has 1 heterocycles. The molecule has 0 saturated heterocycles. The molecule has 162 valence electrons. The molecule has 0 spiro atoms. The Bertz CT molecular complexity index is 732. The summed E-state index contributed by atoms with van der Waals surface area (Å²) in [5.41, 5.74) is 0.956. The van der Waals surface area contributed by atoms with E-state index in [4.69, 9.17) is 0 Å². The molecule has 0 fully saturated rings. The zero-order valence-corrected chi connectivity index (χ0v) is 20.3. The predicted molar refractivity (Wildman–Crippen MR) is 131 cm³/mol. The first-order valence-corrected chi connectivity index (χ1v) is 10.00. The van der Waals surface area contributed by atoms with Crippen LogP contribution in [0, 0.1) is 0 Å². The molecule has 29 heavy (non-hydrogen) atoms. The number of benzene rings is 1. The smallest absolute Gasteiger partial charge is 0.191 e. The number of hydrogen-bond acceptors (Lipinski definition) is 4. The standard InChI is InChI=1S/C21H34N6O.HI/c1-5-22-20(24-17-21(3,28)18-15-25-26(4)16-18)23-13-10-14-27(6-2)19-11-8-7-9-12-19;/h7-9,11-12,15-16,28H,5-6,10,13-14,17H2,1-4H3,(H2,22,23,24);1H. The fourth-order valence-corrected chi connectivity index (χ4v) is 2.95. The van der Waals surface area contributed by atoms with Crippen LogP contribution in [-0.2, 0) is 12.6 Å². The Balaban J connectivity index is 0.00000420. The van der Waals surface area contributed by atoms with Crippen LogP contribution in [0.3, 0.4) is 0 Å². The van der Waals surface area contributed by atoms with Gasteiger partial charge < -0.3 is 20.6 Å². The zero-order valence-electron chi connectivity index (χ0n) is 17.9. The minimum absolute atomic E-state index is 0. The molecule has 0 aliphatic rings. The van der Waals surface area contributed by atoms with Crippen LogP contribution in [0.25, 0.3) is 0 Å². The molecule has 8 heteroatoms. The minimum Gasteiger partial charge on any atom is -0.383 e. The van der Waals surface area contributed by atoms with Crippen molar-refractivity contribution in [2.45, 2.75) is 32.8 Å². The number of aromatic nitrogens is 2. The second-order valence-electron chi connectivity index (χ2n) is 7.07. The number of halogens is 1. The van der Waals surface area contributed by atoms with E-state index in [-0.39, 0.29) is 30.5 Å². The molecule has 1 unspecified atom stereocenters. The van der Waals surface area contributed by atoms with Crippen LogP contribution >= 0.6 is 24.0 Å². The van der Waals surface area contributed by atoms with E-state index in [2.05, 4.69) is 56.8 Å². The first-order valence-electron chi connectivity index (χ1n) is 10.00. The van der Waals surface area contributed by atoms with Crippen molar-refractivity contribution in [3.05, 3.63) is 48.3 Å². The predicted octanol–water partition coefficient (Wildman–Crippen LogP) is 2.72. The lowest BCUT2D eigenvalue weighted by Gasteiger charge is -2.23. The minimum atomic E-state index is -1.05. The Morgan fingerprint density at radius 1 is 1.24 bits per heavy atom. The highest BCUT2D eigenvalue weighted by Gasteiger charge is 2.24. The quantitative estimate of drug-likeness (QED) is 0.197. The lowest BCUT2D eigenvalue weighted by molar-refractivity contribution is 0.0672. The van der Waals surface area contributed by atoms with Crippen molar-refractivity contribution in [3.8, 4) is 0 Å². The Morgan fingerprint density at radius 2 is 1.97 bits per heavy atom. The molecule has 3 N–H and O–H groups in total. The van der Waals surface area contributed by atoms with Crippen LogP contribution in [0.1, 0.15) is 32.8 Å². The topological polar surface area (TPSA) is 77.7 Å². The highest BCUT2D eigenvalue weighted by atomic mass is 127. The third-order valence-corrected chi connectivity index (χ3v) is 4.62. The van der Waals surface area contributed by atoms with Crippen molar-refractivity contribution in [1.82, 2.24) is 20.4 Å². The number of guanidine groups is 1. The number of para-hydroxylation sites is 1. The lowest BCUT2D eigenvalue weighted by Crippen LogP contribution is -2.40. The van der Waals surface area contributed by atoms with Gasteiger partial charge >= 0.3 is 0 Å². The van der Waals surface area contributed by atoms with Crippen molar-refractivity contribution in [3.63, 3.8) is 0 Å². The van der Waals surface area contributed by atoms with Crippen LogP contribution < -0.4 is 15.5 Å². The second kappa shape index (κ2) is 12.7. The molecule has 0 amide bonds. The molecular weight excluding hydrogens is 479 g/mol. The van der Waals surface area contributed by atoms with Gasteiger partial charge in [0.25, 0.3) is 0 Å². The Morgan fingerprint density at radius 3 is 2.55 bits per heavy atom. The number of nitrogens with zero attached hydrogens (tertiary/aromatic N) is 4. The first-order chi connectivity index (χ1) is 13.5. The van der Waals surface area contributed by atoms with E-state index in [0.717, 1.165) is 44.1 Å². The summed E-state index contributed by atoms with van der Waals surface area (Å²) in [6.45, 7) is 9.76. The van der Waals surface area contributed by atoms with E-state index < -0.39 is 5.60 Å². The summed E-state index contributed by atoms with van der Waals surface area (Å²) in [6.07, 6.45) is 4.49. The Labute approximate surface area is 191 Å². The van der Waals surface area contributed by atoms with Crippen LogP contribution in [0.5, 0.6) is 0 Å². The summed E-state index contributed by atoms with van der Waals surface area (Å²) in [5, 5.41) is 21.4. The average Bonchev–Trinajstić information content (AvgIpc) is 3.14. The molecule has 1 aromatic carbocycles. The lowest BCUT2D eigenvalue weighted by atomic mass is 10.0. The van der Waals surface area contributed by atoms with E-state index in [9.17, 15) is 5.11 Å². The van der Waals surface area contributed by atoms with Crippen molar-refractivity contribution in [2.24, 2.45) is 12.0 Å². The van der Waals surface area contributed by atoms with Gasteiger partial charge in [-0.15, -0.1) is 24.0 Å². The molecule has 1 atom stereocenters. The summed E-state index contributed by atoms with van der Waals surface area (Å²) in [4.78, 5) is 6.92. The van der Waals surface area contributed by atoms with Crippen LogP contribution in [0.2, 0.25) is 0 Å². The maximum Gasteiger partial charge on any atom is 0.191 e. The average molecular weight is 514 g/mol. The fraction of sp³-hybridized carbons (Fsp3) is 0.524. The van der Waals surface area contributed by atoms with Gasteiger partial charge in [0.2, 0.25) is 0 Å². The molecule has 1 aromatic heterocycles. The number of aliphatic hydroxyl groups is 1. The number of aliphatic imine (C=N–C) groups is 1. The largest absolute Gasteiger partial charge is 0.383 e. The highest BCUT2D eigenvalue weighted by molar-refractivity contribution is 14.0. The van der Waals surface area contributed by atoms with Crippen molar-refractivity contribution in [2.75, 3.05) is 37.6 Å². The molecule has 0 radical (unpaired) electrons. The fourth-order valence-electron chi connectivity index (χ4n) is 2.95. The summed E-state index contributed by atoms with van der Waals surface area (Å²) >= 11 is 0. The Hall–Kier alpha value is -1.81. The van der Waals surface area contributed by atoms with Crippen LogP contribution in [0.4, 0.5) is 5.69 Å². The SMILES string of the molecule is CCNC(=NCC(C)(O)c1cnn(C)c1)NCCCN(CC)c1ccccc1.I. The summed E-state index contributed by atoms with van der Waals surface area (Å²) < 4.78 is 1.68. The third kappa shape index (κ3) is 8.22. The molecule has 0 aliphatic carbocycles. The van der Waals surface area contributed by atoms with Gasteiger partial charge in [0, 0.05) is 50.7 Å². The van der Waals surface area contributed by atoms with Gasteiger partial charge in [-0.05, 0) is 39.3 Å². The van der Waals surface area contributed by atoms with E-state index in [0.29, 0.717) is 0 Å². The maximum absolute atomic E-state index is 10.7. The van der Waals surface area contributed by atoms with Gasteiger partial charge in [0.15, 0.2) is 5.96 Å². The molecular formula is C21H35IN6O. The summed E-state index contributed by atoms with van der Waals surface area (Å²) in [7, 11) is 1.84. The van der Waals surface area contributed by atoms with E-state index >= 15 is 0 Å². The molecule has 0 aliphatic heterocycles. The van der Waals surface area contributed by atoms with Gasteiger partial charge in [-0.25, -0.2) is 4.99 Å². The molecule has 0 saturated carbocycles. The van der Waals surface area contributed by atoms with Crippen molar-refractivity contribution >= 4 is 35.6 Å². The monoisotopic (exact) mass is 514 g/mol. The molecule has 7 nitrogen and oxygen atoms in total. The number of hydrogen-bond donors (Lipinski definition) is 3. The van der Waals surface area contributed by atoms with Crippen molar-refractivity contribution < 1.29 is 5.11 Å². The number of rotatable bonds is 10. The van der Waals surface area contributed by atoms with Crippen molar-refractivity contribution in [1.29, 1.82) is 0 Å². The van der Waals surface area contributed by atoms with Gasteiger partial charge in [-0.1, -0.05) is 18.2 Å². The van der Waals surface area contributed by atoms with Gasteiger partial charge in [0.05, 0.1) is 12.7 Å². The molecule has 2 aromatic rings. The summed E-state index contributed by atoms with van der Waals surface area (Å²) in [5.74, 6) is 0.717.